The Balaban J connectivity index is 2.17. The van der Waals surface area contributed by atoms with Crippen molar-refractivity contribution < 1.29 is 0 Å². The average Bonchev–Trinajstić information content (AvgIpc) is 2.78. The molecule has 0 radical (unpaired) electrons. The van der Waals surface area contributed by atoms with Gasteiger partial charge in [0.05, 0.1) is 5.69 Å². The molecule has 0 aliphatic rings. The molecule has 0 atom stereocenters. The van der Waals surface area contributed by atoms with Gasteiger partial charge in [0.1, 0.15) is 5.01 Å². The van der Waals surface area contributed by atoms with E-state index in [1.165, 1.54) is 11.1 Å². The summed E-state index contributed by atoms with van der Waals surface area (Å²) in [7, 11) is 0. The average molecular weight is 246 g/mol. The lowest BCUT2D eigenvalue weighted by atomic mass is 10.0. The van der Waals surface area contributed by atoms with E-state index in [0.29, 0.717) is 12.5 Å². The first-order chi connectivity index (χ1) is 8.19. The van der Waals surface area contributed by atoms with Crippen LogP contribution in [0.1, 0.15) is 24.4 Å². The van der Waals surface area contributed by atoms with Gasteiger partial charge in [-0.1, -0.05) is 38.1 Å². The van der Waals surface area contributed by atoms with Gasteiger partial charge in [0.15, 0.2) is 0 Å². The number of thiazole rings is 1. The summed E-state index contributed by atoms with van der Waals surface area (Å²) < 4.78 is 0. The molecule has 0 saturated heterocycles. The molecule has 2 N–H and O–H groups in total. The second-order valence-corrected chi connectivity index (χ2v) is 5.57. The minimum Gasteiger partial charge on any atom is -0.325 e. The summed E-state index contributed by atoms with van der Waals surface area (Å²) in [5.41, 5.74) is 9.16. The summed E-state index contributed by atoms with van der Waals surface area (Å²) in [6, 6.07) is 8.67. The van der Waals surface area contributed by atoms with Crippen LogP contribution in [0.4, 0.5) is 0 Å². The molecule has 90 valence electrons. The Morgan fingerprint density at radius 1 is 1.24 bits per heavy atom. The molecule has 0 saturated carbocycles. The summed E-state index contributed by atoms with van der Waals surface area (Å²) in [5, 5.41) is 3.06. The van der Waals surface area contributed by atoms with Crippen LogP contribution in [0.3, 0.4) is 0 Å². The van der Waals surface area contributed by atoms with Crippen LogP contribution in [-0.2, 0) is 13.0 Å². The molecule has 0 fully saturated rings. The molecule has 0 aliphatic heterocycles. The van der Waals surface area contributed by atoms with Crippen LogP contribution in [-0.4, -0.2) is 4.98 Å². The van der Waals surface area contributed by atoms with Gasteiger partial charge in [0, 0.05) is 17.5 Å². The number of hydrogen-bond donors (Lipinski definition) is 1. The molecule has 2 nitrogen and oxygen atoms in total. The summed E-state index contributed by atoms with van der Waals surface area (Å²) in [4.78, 5) is 4.48. The van der Waals surface area contributed by atoms with Crippen molar-refractivity contribution in [2.45, 2.75) is 26.8 Å². The zero-order valence-electron chi connectivity index (χ0n) is 10.3. The van der Waals surface area contributed by atoms with E-state index in [0.717, 1.165) is 17.1 Å². The lowest BCUT2D eigenvalue weighted by Gasteiger charge is -2.05. The van der Waals surface area contributed by atoms with Crippen molar-refractivity contribution in [2.75, 3.05) is 0 Å². The second-order valence-electron chi connectivity index (χ2n) is 4.63. The van der Waals surface area contributed by atoms with Gasteiger partial charge in [-0.25, -0.2) is 4.98 Å². The van der Waals surface area contributed by atoms with Crippen LogP contribution in [0.15, 0.2) is 29.6 Å². The Hall–Kier alpha value is -1.19. The lowest BCUT2D eigenvalue weighted by molar-refractivity contribution is 0.647. The first-order valence-corrected chi connectivity index (χ1v) is 6.81. The predicted molar refractivity (Wildman–Crippen MR) is 74.0 cm³/mol. The fraction of sp³-hybridized carbons (Fsp3) is 0.357. The van der Waals surface area contributed by atoms with Gasteiger partial charge >= 0.3 is 0 Å². The second kappa shape index (κ2) is 5.43. The van der Waals surface area contributed by atoms with Crippen molar-refractivity contribution in [1.29, 1.82) is 0 Å². The van der Waals surface area contributed by atoms with Crippen molar-refractivity contribution in [1.82, 2.24) is 4.98 Å². The smallest absolute Gasteiger partial charge is 0.107 e. The number of nitrogens with two attached hydrogens (primary N) is 1. The number of aromatic nitrogens is 1. The van der Waals surface area contributed by atoms with Gasteiger partial charge in [-0.05, 0) is 17.9 Å². The maximum Gasteiger partial charge on any atom is 0.107 e. The Kier molecular flexibility index (Phi) is 3.92. The van der Waals surface area contributed by atoms with Gasteiger partial charge in [0.25, 0.3) is 0 Å². The minimum atomic E-state index is 0.524. The maximum atomic E-state index is 5.57. The topological polar surface area (TPSA) is 38.9 Å². The number of benzene rings is 1. The third-order valence-corrected chi connectivity index (χ3v) is 3.49. The normalized spacial score (nSPS) is 11.1. The predicted octanol–water partition coefficient (Wildman–Crippen LogP) is 3.47. The highest BCUT2D eigenvalue weighted by molar-refractivity contribution is 7.09. The van der Waals surface area contributed by atoms with E-state index >= 15 is 0 Å². The van der Waals surface area contributed by atoms with Crippen LogP contribution in [0.5, 0.6) is 0 Å². The fourth-order valence-corrected chi connectivity index (χ4v) is 2.50. The van der Waals surface area contributed by atoms with Crippen molar-refractivity contribution >= 4 is 11.3 Å². The lowest BCUT2D eigenvalue weighted by Crippen LogP contribution is -1.95. The summed E-state index contributed by atoms with van der Waals surface area (Å²) in [6.07, 6.45) is 1.13. The molecule has 17 heavy (non-hydrogen) atoms. The summed E-state index contributed by atoms with van der Waals surface area (Å²) in [6.45, 7) is 5.00. The molecule has 0 aliphatic carbocycles. The van der Waals surface area contributed by atoms with Crippen molar-refractivity contribution in [3.63, 3.8) is 0 Å². The molecular weight excluding hydrogens is 228 g/mol. The monoisotopic (exact) mass is 246 g/mol. The molecule has 1 heterocycles. The quantitative estimate of drug-likeness (QED) is 0.897. The Morgan fingerprint density at radius 2 is 1.94 bits per heavy atom. The van der Waals surface area contributed by atoms with Crippen LogP contribution < -0.4 is 5.73 Å². The van der Waals surface area contributed by atoms with Gasteiger partial charge < -0.3 is 5.73 Å². The van der Waals surface area contributed by atoms with Crippen molar-refractivity contribution in [3.05, 3.63) is 40.2 Å². The van der Waals surface area contributed by atoms with Crippen LogP contribution in [0.25, 0.3) is 11.3 Å². The third-order valence-electron chi connectivity index (χ3n) is 2.62. The van der Waals surface area contributed by atoms with Crippen LogP contribution in [0.2, 0.25) is 0 Å². The molecule has 0 spiro atoms. The fourth-order valence-electron chi connectivity index (χ4n) is 1.82. The standard InChI is InChI=1S/C14H18N2S/c1-10(2)7-11-3-5-12(6-4-11)13-9-17-14(8-15)16-13/h3-6,9-10H,7-8,15H2,1-2H3. The first-order valence-electron chi connectivity index (χ1n) is 5.93. The summed E-state index contributed by atoms with van der Waals surface area (Å²) >= 11 is 1.62. The number of rotatable bonds is 4. The number of nitrogens with zero attached hydrogens (tertiary/aromatic N) is 1. The zero-order valence-corrected chi connectivity index (χ0v) is 11.1. The van der Waals surface area contributed by atoms with Gasteiger partial charge in [-0.15, -0.1) is 11.3 Å². The highest BCUT2D eigenvalue weighted by atomic mass is 32.1. The van der Waals surface area contributed by atoms with E-state index in [2.05, 4.69) is 48.5 Å². The van der Waals surface area contributed by atoms with Crippen molar-refractivity contribution in [3.8, 4) is 11.3 Å². The van der Waals surface area contributed by atoms with E-state index in [4.69, 9.17) is 5.73 Å². The minimum absolute atomic E-state index is 0.524. The molecule has 3 heteroatoms. The zero-order chi connectivity index (χ0) is 12.3. The van der Waals surface area contributed by atoms with Gasteiger partial charge in [-0.3, -0.25) is 0 Å². The van der Waals surface area contributed by atoms with Crippen LogP contribution in [0, 0.1) is 5.92 Å². The molecule has 2 aromatic rings. The first kappa shape index (κ1) is 12.3. The van der Waals surface area contributed by atoms with E-state index in [1.807, 2.05) is 0 Å². The SMILES string of the molecule is CC(C)Cc1ccc(-c2csc(CN)n2)cc1. The van der Waals surface area contributed by atoms with Crippen molar-refractivity contribution in [2.24, 2.45) is 11.7 Å². The third kappa shape index (κ3) is 3.14. The summed E-state index contributed by atoms with van der Waals surface area (Å²) in [5.74, 6) is 0.698. The molecule has 1 aromatic carbocycles. The highest BCUT2D eigenvalue weighted by Gasteiger charge is 2.04. The van der Waals surface area contributed by atoms with Gasteiger partial charge in [0.2, 0.25) is 0 Å². The molecule has 1 aromatic heterocycles. The number of hydrogen-bond acceptors (Lipinski definition) is 3. The van der Waals surface area contributed by atoms with Crippen LogP contribution >= 0.6 is 11.3 Å². The van der Waals surface area contributed by atoms with E-state index < -0.39 is 0 Å². The Morgan fingerprint density at radius 3 is 2.47 bits per heavy atom. The molecular formula is C14H18N2S. The molecule has 0 amide bonds. The molecule has 0 bridgehead atoms. The highest BCUT2D eigenvalue weighted by Crippen LogP contribution is 2.22. The van der Waals surface area contributed by atoms with E-state index in [-0.39, 0.29) is 0 Å². The molecule has 2 rings (SSSR count). The maximum absolute atomic E-state index is 5.57. The Bertz CT molecular complexity index is 471. The largest absolute Gasteiger partial charge is 0.325 e. The van der Waals surface area contributed by atoms with Gasteiger partial charge in [-0.2, -0.15) is 0 Å². The van der Waals surface area contributed by atoms with E-state index in [1.54, 1.807) is 11.3 Å². The molecule has 0 unspecified atom stereocenters. The van der Waals surface area contributed by atoms with E-state index in [9.17, 15) is 0 Å². The Labute approximate surface area is 107 Å².